The van der Waals surface area contributed by atoms with Gasteiger partial charge in [-0.1, -0.05) is 0 Å². The molecule has 0 spiro atoms. The Labute approximate surface area is 131 Å². The van der Waals surface area contributed by atoms with E-state index in [-0.39, 0.29) is 17.7 Å². The van der Waals surface area contributed by atoms with Gasteiger partial charge in [0, 0.05) is 45.0 Å². The second-order valence-electron chi connectivity index (χ2n) is 6.30. The van der Waals surface area contributed by atoms with Gasteiger partial charge in [0.2, 0.25) is 0 Å². The van der Waals surface area contributed by atoms with Crippen LogP contribution >= 0.6 is 0 Å². The first-order chi connectivity index (χ1) is 10.4. The number of carbonyl (C=O) groups excluding carboxylic acids is 1. The van der Waals surface area contributed by atoms with Gasteiger partial charge < -0.3 is 9.47 Å². The number of hydrogen-bond donors (Lipinski definition) is 0. The Morgan fingerprint density at radius 3 is 2.36 bits per heavy atom. The second-order valence-corrected chi connectivity index (χ2v) is 8.53. The minimum Gasteiger partial charge on any atom is -0.344 e. The van der Waals surface area contributed by atoms with Crippen LogP contribution in [0, 0.1) is 6.92 Å². The zero-order valence-corrected chi connectivity index (χ0v) is 14.0. The molecule has 0 N–H and O–H groups in total. The Balaban J connectivity index is 1.60. The molecule has 1 aromatic heterocycles. The van der Waals surface area contributed by atoms with Crippen LogP contribution < -0.4 is 0 Å². The van der Waals surface area contributed by atoms with Crippen molar-refractivity contribution in [3.8, 4) is 0 Å². The molecule has 1 aromatic rings. The van der Waals surface area contributed by atoms with Crippen LogP contribution in [-0.2, 0) is 16.9 Å². The zero-order valence-electron chi connectivity index (χ0n) is 13.2. The lowest BCUT2D eigenvalue weighted by Crippen LogP contribution is -2.52. The lowest BCUT2D eigenvalue weighted by Gasteiger charge is -2.37. The summed E-state index contributed by atoms with van der Waals surface area (Å²) >= 11 is 0. The van der Waals surface area contributed by atoms with Gasteiger partial charge in [0.05, 0.1) is 11.5 Å². The lowest BCUT2D eigenvalue weighted by molar-refractivity contribution is 0.0578. The Morgan fingerprint density at radius 1 is 1.18 bits per heavy atom. The van der Waals surface area contributed by atoms with Crippen molar-refractivity contribution in [2.75, 3.05) is 37.7 Å². The molecular weight excluding hydrogens is 302 g/mol. The number of sulfone groups is 1. The van der Waals surface area contributed by atoms with Gasteiger partial charge in [-0.05, 0) is 25.5 Å². The summed E-state index contributed by atoms with van der Waals surface area (Å²) in [4.78, 5) is 16.7. The van der Waals surface area contributed by atoms with E-state index in [4.69, 9.17) is 0 Å². The first-order valence-corrected chi connectivity index (χ1v) is 9.55. The van der Waals surface area contributed by atoms with E-state index in [0.29, 0.717) is 18.8 Å². The van der Waals surface area contributed by atoms with Crippen LogP contribution in [-0.4, -0.2) is 72.4 Å². The molecule has 7 heteroatoms. The standard InChI is InChI=1S/C15H23N3O3S/c1-12-3-4-14(16(12)2)15(19)18-8-6-17(7-9-18)13-5-10-22(20,21)11-13/h3-4,13H,5-11H2,1-2H3/t13-/m0/s1. The number of carbonyl (C=O) groups is 1. The molecule has 1 amide bonds. The molecular formula is C15H23N3O3S. The molecule has 3 heterocycles. The van der Waals surface area contributed by atoms with E-state index in [0.717, 1.165) is 30.9 Å². The van der Waals surface area contributed by atoms with Gasteiger partial charge in [-0.2, -0.15) is 0 Å². The summed E-state index contributed by atoms with van der Waals surface area (Å²) in [5.74, 6) is 0.645. The van der Waals surface area contributed by atoms with Gasteiger partial charge in [-0.25, -0.2) is 8.42 Å². The Morgan fingerprint density at radius 2 is 1.86 bits per heavy atom. The molecule has 0 saturated carbocycles. The summed E-state index contributed by atoms with van der Waals surface area (Å²) in [5.41, 5.74) is 1.78. The van der Waals surface area contributed by atoms with Crippen molar-refractivity contribution in [2.45, 2.75) is 19.4 Å². The molecule has 122 valence electrons. The topological polar surface area (TPSA) is 62.6 Å². The average molecular weight is 325 g/mol. The molecule has 6 nitrogen and oxygen atoms in total. The number of nitrogens with zero attached hydrogens (tertiary/aromatic N) is 3. The zero-order chi connectivity index (χ0) is 15.9. The number of aromatic nitrogens is 1. The van der Waals surface area contributed by atoms with Crippen LogP contribution in [0.5, 0.6) is 0 Å². The molecule has 1 atom stereocenters. The number of amides is 1. The maximum atomic E-state index is 12.6. The molecule has 0 aromatic carbocycles. The number of piperazine rings is 1. The third kappa shape index (κ3) is 2.92. The molecule has 0 radical (unpaired) electrons. The van der Waals surface area contributed by atoms with E-state index in [9.17, 15) is 13.2 Å². The van der Waals surface area contributed by atoms with Crippen molar-refractivity contribution < 1.29 is 13.2 Å². The summed E-state index contributed by atoms with van der Waals surface area (Å²) in [6.07, 6.45) is 0.729. The van der Waals surface area contributed by atoms with Crippen molar-refractivity contribution in [1.82, 2.24) is 14.4 Å². The molecule has 0 unspecified atom stereocenters. The van der Waals surface area contributed by atoms with E-state index >= 15 is 0 Å². The van der Waals surface area contributed by atoms with E-state index in [1.807, 2.05) is 35.6 Å². The van der Waals surface area contributed by atoms with Crippen molar-refractivity contribution in [1.29, 1.82) is 0 Å². The monoisotopic (exact) mass is 325 g/mol. The molecule has 0 aliphatic carbocycles. The minimum absolute atomic E-state index is 0.0642. The Kier molecular flexibility index (Phi) is 4.03. The second kappa shape index (κ2) is 5.70. The lowest BCUT2D eigenvalue weighted by atomic mass is 10.2. The highest BCUT2D eigenvalue weighted by Crippen LogP contribution is 2.20. The maximum Gasteiger partial charge on any atom is 0.270 e. The normalized spacial score (nSPS) is 25.5. The predicted molar refractivity (Wildman–Crippen MR) is 84.7 cm³/mol. The highest BCUT2D eigenvalue weighted by atomic mass is 32.2. The molecule has 2 aliphatic rings. The summed E-state index contributed by atoms with van der Waals surface area (Å²) in [6.45, 7) is 4.83. The van der Waals surface area contributed by atoms with Crippen molar-refractivity contribution in [3.05, 3.63) is 23.5 Å². The average Bonchev–Trinajstić information content (AvgIpc) is 3.02. The minimum atomic E-state index is -2.85. The highest BCUT2D eigenvalue weighted by Gasteiger charge is 2.34. The quantitative estimate of drug-likeness (QED) is 0.783. The van der Waals surface area contributed by atoms with Crippen molar-refractivity contribution >= 4 is 15.7 Å². The smallest absolute Gasteiger partial charge is 0.270 e. The van der Waals surface area contributed by atoms with Gasteiger partial charge in [0.1, 0.15) is 5.69 Å². The first kappa shape index (κ1) is 15.6. The van der Waals surface area contributed by atoms with E-state index in [1.54, 1.807) is 0 Å². The summed E-state index contributed by atoms with van der Waals surface area (Å²) in [6, 6.07) is 3.96. The van der Waals surface area contributed by atoms with Crippen LogP contribution in [0.15, 0.2) is 12.1 Å². The molecule has 2 fully saturated rings. The number of aryl methyl sites for hydroxylation is 1. The summed E-state index contributed by atoms with van der Waals surface area (Å²) in [7, 11) is -0.941. The van der Waals surface area contributed by atoms with E-state index in [2.05, 4.69) is 4.90 Å². The van der Waals surface area contributed by atoms with E-state index in [1.165, 1.54) is 0 Å². The fourth-order valence-electron chi connectivity index (χ4n) is 3.34. The van der Waals surface area contributed by atoms with E-state index < -0.39 is 9.84 Å². The third-order valence-electron chi connectivity index (χ3n) is 4.92. The largest absolute Gasteiger partial charge is 0.344 e. The maximum absolute atomic E-state index is 12.6. The fraction of sp³-hybridized carbons (Fsp3) is 0.667. The Bertz CT molecular complexity index is 672. The molecule has 22 heavy (non-hydrogen) atoms. The van der Waals surface area contributed by atoms with Gasteiger partial charge >= 0.3 is 0 Å². The predicted octanol–water partition coefficient (Wildman–Crippen LogP) is 0.278. The third-order valence-corrected chi connectivity index (χ3v) is 6.67. The van der Waals surface area contributed by atoms with Crippen LogP contribution in [0.4, 0.5) is 0 Å². The molecule has 3 rings (SSSR count). The molecule has 0 bridgehead atoms. The number of hydrogen-bond acceptors (Lipinski definition) is 4. The van der Waals surface area contributed by atoms with Gasteiger partial charge in [-0.15, -0.1) is 0 Å². The Hall–Kier alpha value is -1.34. The molecule has 2 saturated heterocycles. The van der Waals surface area contributed by atoms with Crippen molar-refractivity contribution in [3.63, 3.8) is 0 Å². The SMILES string of the molecule is Cc1ccc(C(=O)N2CCN([C@H]3CCS(=O)(=O)C3)CC2)n1C. The van der Waals surface area contributed by atoms with Crippen LogP contribution in [0.25, 0.3) is 0 Å². The number of rotatable bonds is 2. The fourth-order valence-corrected chi connectivity index (χ4v) is 5.11. The summed E-state index contributed by atoms with van der Waals surface area (Å²) < 4.78 is 25.1. The summed E-state index contributed by atoms with van der Waals surface area (Å²) in [5, 5.41) is 0. The van der Waals surface area contributed by atoms with Gasteiger partial charge in [0.25, 0.3) is 5.91 Å². The van der Waals surface area contributed by atoms with Crippen LogP contribution in [0.3, 0.4) is 0 Å². The highest BCUT2D eigenvalue weighted by molar-refractivity contribution is 7.91. The first-order valence-electron chi connectivity index (χ1n) is 7.73. The van der Waals surface area contributed by atoms with Gasteiger partial charge in [-0.3, -0.25) is 9.69 Å². The van der Waals surface area contributed by atoms with Crippen LogP contribution in [0.1, 0.15) is 22.6 Å². The van der Waals surface area contributed by atoms with Crippen molar-refractivity contribution in [2.24, 2.45) is 7.05 Å². The molecule has 2 aliphatic heterocycles. The van der Waals surface area contributed by atoms with Crippen LogP contribution in [0.2, 0.25) is 0 Å². The van der Waals surface area contributed by atoms with Gasteiger partial charge in [0.15, 0.2) is 9.84 Å².